The smallest absolute Gasteiger partial charge is 0.248 e. The molecule has 0 saturated heterocycles. The zero-order valence-corrected chi connectivity index (χ0v) is 8.45. The van der Waals surface area contributed by atoms with Gasteiger partial charge in [0, 0.05) is 18.4 Å². The lowest BCUT2D eigenvalue weighted by Gasteiger charge is -2.42. The predicted molar refractivity (Wildman–Crippen MR) is 49.4 cm³/mol. The Hall–Kier alpha value is -0.220. The van der Waals surface area contributed by atoms with E-state index in [9.17, 15) is 13.9 Å². The fraction of sp³-hybridized carbons (Fsp3) is 1.00. The molecule has 2 aliphatic rings. The highest BCUT2D eigenvalue weighted by atomic mass is 19.3. The van der Waals surface area contributed by atoms with Gasteiger partial charge in [-0.2, -0.15) is 0 Å². The van der Waals surface area contributed by atoms with Crippen LogP contribution in [0.1, 0.15) is 38.5 Å². The maximum atomic E-state index is 12.9. The molecule has 2 saturated carbocycles. The first-order chi connectivity index (χ1) is 6.43. The van der Waals surface area contributed by atoms with Crippen LogP contribution >= 0.6 is 0 Å². The van der Waals surface area contributed by atoms with E-state index < -0.39 is 11.5 Å². The van der Waals surface area contributed by atoms with Crippen LogP contribution in [0, 0.1) is 0 Å². The molecule has 0 unspecified atom stereocenters. The van der Waals surface area contributed by atoms with Crippen molar-refractivity contribution in [2.75, 3.05) is 7.05 Å². The zero-order valence-electron chi connectivity index (χ0n) is 8.45. The Morgan fingerprint density at radius 1 is 1.00 bits per heavy atom. The molecule has 4 heteroatoms. The van der Waals surface area contributed by atoms with Crippen molar-refractivity contribution in [3.8, 4) is 0 Å². The van der Waals surface area contributed by atoms with Gasteiger partial charge in [-0.15, -0.1) is 0 Å². The fourth-order valence-electron chi connectivity index (χ4n) is 2.58. The van der Waals surface area contributed by atoms with Crippen LogP contribution in [0.25, 0.3) is 0 Å². The van der Waals surface area contributed by atoms with E-state index >= 15 is 0 Å². The van der Waals surface area contributed by atoms with Gasteiger partial charge in [0.25, 0.3) is 0 Å². The van der Waals surface area contributed by atoms with Gasteiger partial charge in [-0.3, -0.25) is 0 Å². The highest BCUT2D eigenvalue weighted by Gasteiger charge is 2.60. The molecular weight excluding hydrogens is 188 g/mol. The van der Waals surface area contributed by atoms with E-state index in [1.54, 1.807) is 7.05 Å². The van der Waals surface area contributed by atoms with Crippen molar-refractivity contribution in [3.05, 3.63) is 0 Å². The van der Waals surface area contributed by atoms with Gasteiger partial charge >= 0.3 is 0 Å². The molecule has 0 amide bonds. The number of likely N-dealkylation sites (N-methyl/N-ethyl adjacent to an activating group) is 1. The van der Waals surface area contributed by atoms with Gasteiger partial charge in [0.1, 0.15) is 0 Å². The molecule has 2 rings (SSSR count). The van der Waals surface area contributed by atoms with Gasteiger partial charge in [0.15, 0.2) is 0 Å². The second-order valence-corrected chi connectivity index (χ2v) is 4.72. The summed E-state index contributed by atoms with van der Waals surface area (Å²) in [5.41, 5.74) is -1.16. The number of aliphatic hydroxyl groups is 1. The van der Waals surface area contributed by atoms with E-state index in [-0.39, 0.29) is 31.2 Å². The van der Waals surface area contributed by atoms with Crippen molar-refractivity contribution in [1.82, 2.24) is 5.32 Å². The summed E-state index contributed by atoms with van der Waals surface area (Å²) in [4.78, 5) is 0. The third-order valence-corrected chi connectivity index (χ3v) is 3.93. The van der Waals surface area contributed by atoms with Gasteiger partial charge in [-0.05, 0) is 32.7 Å². The normalized spacial score (nSPS) is 32.6. The van der Waals surface area contributed by atoms with Crippen molar-refractivity contribution in [1.29, 1.82) is 0 Å². The first-order valence-electron chi connectivity index (χ1n) is 5.22. The van der Waals surface area contributed by atoms with Crippen LogP contribution in [0.15, 0.2) is 0 Å². The molecule has 0 atom stereocenters. The fourth-order valence-corrected chi connectivity index (χ4v) is 2.58. The lowest BCUT2D eigenvalue weighted by molar-refractivity contribution is -0.121. The minimum Gasteiger partial charge on any atom is -0.388 e. The van der Waals surface area contributed by atoms with Gasteiger partial charge in [-0.25, -0.2) is 8.78 Å². The number of alkyl halides is 2. The lowest BCUT2D eigenvalue weighted by Crippen LogP contribution is -2.55. The maximum Gasteiger partial charge on any atom is 0.248 e. The van der Waals surface area contributed by atoms with Crippen LogP contribution < -0.4 is 5.32 Å². The topological polar surface area (TPSA) is 32.3 Å². The van der Waals surface area contributed by atoms with E-state index in [1.165, 1.54) is 0 Å². The molecule has 0 spiro atoms. The molecule has 2 aliphatic carbocycles. The number of rotatable bonds is 2. The number of halogens is 2. The third-order valence-electron chi connectivity index (χ3n) is 3.93. The van der Waals surface area contributed by atoms with Crippen LogP contribution in [0.4, 0.5) is 8.78 Å². The van der Waals surface area contributed by atoms with Crippen LogP contribution in [0.3, 0.4) is 0 Å². The first-order valence-corrected chi connectivity index (χ1v) is 5.22. The first kappa shape index (κ1) is 10.3. The van der Waals surface area contributed by atoms with Crippen LogP contribution in [-0.4, -0.2) is 29.2 Å². The molecule has 0 aromatic rings. The Morgan fingerprint density at radius 2 is 1.50 bits per heavy atom. The standard InChI is InChI=1S/C10H17F2NO/c1-13-8(2-3-8)9(14)4-6-10(11,12)7-5-9/h13-14H,2-7H2,1H3. The number of hydrogen-bond acceptors (Lipinski definition) is 2. The highest BCUT2D eigenvalue weighted by Crippen LogP contribution is 2.53. The van der Waals surface area contributed by atoms with Gasteiger partial charge in [-0.1, -0.05) is 0 Å². The van der Waals surface area contributed by atoms with E-state index in [0.29, 0.717) is 0 Å². The van der Waals surface area contributed by atoms with Crippen molar-refractivity contribution < 1.29 is 13.9 Å². The van der Waals surface area contributed by atoms with Crippen molar-refractivity contribution >= 4 is 0 Å². The van der Waals surface area contributed by atoms with Crippen molar-refractivity contribution in [3.63, 3.8) is 0 Å². The van der Waals surface area contributed by atoms with Crippen molar-refractivity contribution in [2.24, 2.45) is 0 Å². The molecule has 0 aromatic carbocycles. The Bertz CT molecular complexity index is 228. The minimum atomic E-state index is -2.56. The Labute approximate surface area is 82.7 Å². The second kappa shape index (κ2) is 2.89. The molecule has 14 heavy (non-hydrogen) atoms. The third kappa shape index (κ3) is 1.44. The van der Waals surface area contributed by atoms with Gasteiger partial charge < -0.3 is 10.4 Å². The predicted octanol–water partition coefficient (Wildman–Crippen LogP) is 1.68. The molecule has 0 radical (unpaired) electrons. The zero-order chi connectivity index (χ0) is 10.4. The van der Waals surface area contributed by atoms with E-state index in [1.807, 2.05) is 0 Å². The quantitative estimate of drug-likeness (QED) is 0.719. The summed E-state index contributed by atoms with van der Waals surface area (Å²) in [5, 5.41) is 13.4. The Morgan fingerprint density at radius 3 is 1.86 bits per heavy atom. The highest BCUT2D eigenvalue weighted by molar-refractivity contribution is 5.16. The molecule has 0 aliphatic heterocycles. The molecule has 82 valence electrons. The second-order valence-electron chi connectivity index (χ2n) is 4.72. The summed E-state index contributed by atoms with van der Waals surface area (Å²) in [6.45, 7) is 0. The summed E-state index contributed by atoms with van der Waals surface area (Å²) < 4.78 is 25.9. The molecule has 0 heterocycles. The molecule has 2 fully saturated rings. The lowest BCUT2D eigenvalue weighted by atomic mass is 9.76. The van der Waals surface area contributed by atoms with Crippen LogP contribution in [0.5, 0.6) is 0 Å². The van der Waals surface area contributed by atoms with Gasteiger partial charge in [0.2, 0.25) is 5.92 Å². The van der Waals surface area contributed by atoms with Crippen LogP contribution in [-0.2, 0) is 0 Å². The molecule has 0 aromatic heterocycles. The maximum absolute atomic E-state index is 12.9. The molecule has 2 nitrogen and oxygen atoms in total. The summed E-state index contributed by atoms with van der Waals surface area (Å²) in [6.07, 6.45) is 1.92. The van der Waals surface area contributed by atoms with E-state index in [0.717, 1.165) is 12.8 Å². The average molecular weight is 205 g/mol. The average Bonchev–Trinajstić information content (AvgIpc) is 2.92. The summed E-state index contributed by atoms with van der Waals surface area (Å²) >= 11 is 0. The van der Waals surface area contributed by atoms with Gasteiger partial charge in [0.05, 0.1) is 5.60 Å². The SMILES string of the molecule is CNC1(C2(O)CCC(F)(F)CC2)CC1. The van der Waals surface area contributed by atoms with E-state index in [4.69, 9.17) is 0 Å². The van der Waals surface area contributed by atoms with Crippen LogP contribution in [0.2, 0.25) is 0 Å². The Kier molecular flexibility index (Phi) is 2.13. The number of hydrogen-bond donors (Lipinski definition) is 2. The molecule has 2 N–H and O–H groups in total. The minimum absolute atomic E-state index is 0.174. The van der Waals surface area contributed by atoms with E-state index in [2.05, 4.69) is 5.32 Å². The summed E-state index contributed by atoms with van der Waals surface area (Å²) in [5.74, 6) is -2.56. The Balaban J connectivity index is 2.06. The molecular formula is C10H17F2NO. The summed E-state index contributed by atoms with van der Waals surface area (Å²) in [6, 6.07) is 0. The largest absolute Gasteiger partial charge is 0.388 e. The monoisotopic (exact) mass is 205 g/mol. The summed E-state index contributed by atoms with van der Waals surface area (Å²) in [7, 11) is 1.80. The number of nitrogens with one attached hydrogen (secondary N) is 1. The molecule has 0 bridgehead atoms. The van der Waals surface area contributed by atoms with Crippen molar-refractivity contribution in [2.45, 2.75) is 55.6 Å².